The van der Waals surface area contributed by atoms with Crippen molar-refractivity contribution in [2.24, 2.45) is 5.73 Å². The molecule has 0 saturated heterocycles. The van der Waals surface area contributed by atoms with Crippen LogP contribution in [0.5, 0.6) is 0 Å². The van der Waals surface area contributed by atoms with E-state index in [0.717, 1.165) is 17.0 Å². The molecule has 0 aliphatic heterocycles. The van der Waals surface area contributed by atoms with Crippen LogP contribution in [0.4, 0.5) is 5.00 Å². The molecule has 8 nitrogen and oxygen atoms in total. The van der Waals surface area contributed by atoms with Crippen molar-refractivity contribution in [3.63, 3.8) is 0 Å². The average molecular weight is 378 g/mol. The number of aromatic nitrogens is 2. The van der Waals surface area contributed by atoms with Crippen LogP contribution in [-0.4, -0.2) is 34.2 Å². The molecule has 0 radical (unpaired) electrons. The first-order chi connectivity index (χ1) is 12.3. The third kappa shape index (κ3) is 4.48. The number of carbonyl (C=O) groups excluding carboxylic acids is 3. The largest absolute Gasteiger partial charge is 0.462 e. The number of anilines is 1. The molecule has 0 unspecified atom stereocenters. The maximum absolute atomic E-state index is 12.3. The molecule has 0 aliphatic carbocycles. The minimum atomic E-state index is -0.648. The summed E-state index contributed by atoms with van der Waals surface area (Å²) in [6, 6.07) is 1.85. The SMILES string of the molecule is CCCOC(=O)c1c(NC(=O)CCn2nccc2C)sc(C(N)=O)c1C. The Bertz CT molecular complexity index is 825. The molecule has 3 N–H and O–H groups in total. The molecule has 0 aliphatic rings. The third-order valence-electron chi connectivity index (χ3n) is 3.74. The highest BCUT2D eigenvalue weighted by molar-refractivity contribution is 7.18. The van der Waals surface area contributed by atoms with Crippen LogP contribution in [0.15, 0.2) is 12.3 Å². The minimum absolute atomic E-state index is 0.175. The van der Waals surface area contributed by atoms with Gasteiger partial charge in [0.25, 0.3) is 5.91 Å². The number of hydrogen-bond donors (Lipinski definition) is 2. The van der Waals surface area contributed by atoms with Gasteiger partial charge in [-0.05, 0) is 31.9 Å². The monoisotopic (exact) mass is 378 g/mol. The van der Waals surface area contributed by atoms with E-state index in [1.807, 2.05) is 19.9 Å². The van der Waals surface area contributed by atoms with Crippen molar-refractivity contribution >= 4 is 34.1 Å². The number of nitrogens with one attached hydrogen (secondary N) is 1. The highest BCUT2D eigenvalue weighted by Crippen LogP contribution is 2.33. The van der Waals surface area contributed by atoms with Crippen molar-refractivity contribution in [2.45, 2.75) is 40.2 Å². The van der Waals surface area contributed by atoms with Crippen molar-refractivity contribution in [3.8, 4) is 0 Å². The highest BCUT2D eigenvalue weighted by Gasteiger charge is 2.25. The Morgan fingerprint density at radius 1 is 1.35 bits per heavy atom. The van der Waals surface area contributed by atoms with E-state index < -0.39 is 11.9 Å². The molecular weight excluding hydrogens is 356 g/mol. The first-order valence-corrected chi connectivity index (χ1v) is 9.05. The van der Waals surface area contributed by atoms with Gasteiger partial charge in [0.1, 0.15) is 5.00 Å². The summed E-state index contributed by atoms with van der Waals surface area (Å²) in [5, 5.41) is 7.09. The van der Waals surface area contributed by atoms with Crippen LogP contribution >= 0.6 is 11.3 Å². The number of carbonyl (C=O) groups is 3. The maximum Gasteiger partial charge on any atom is 0.341 e. The smallest absolute Gasteiger partial charge is 0.341 e. The summed E-state index contributed by atoms with van der Waals surface area (Å²) in [5.41, 5.74) is 6.91. The predicted octanol–water partition coefficient (Wildman–Crippen LogP) is 2.26. The Morgan fingerprint density at radius 2 is 2.08 bits per heavy atom. The molecule has 140 valence electrons. The summed E-state index contributed by atoms with van der Waals surface area (Å²) in [7, 11) is 0. The number of ether oxygens (including phenoxy) is 1. The van der Waals surface area contributed by atoms with E-state index in [-0.39, 0.29) is 34.4 Å². The normalized spacial score (nSPS) is 10.6. The molecule has 0 spiro atoms. The number of thiophene rings is 1. The van der Waals surface area contributed by atoms with E-state index in [9.17, 15) is 14.4 Å². The zero-order chi connectivity index (χ0) is 19.3. The summed E-state index contributed by atoms with van der Waals surface area (Å²) in [5.74, 6) is -1.52. The number of nitrogens with zero attached hydrogens (tertiary/aromatic N) is 2. The molecule has 2 rings (SSSR count). The zero-order valence-electron chi connectivity index (χ0n) is 15.0. The molecule has 2 amide bonds. The lowest BCUT2D eigenvalue weighted by molar-refractivity contribution is -0.116. The molecule has 0 saturated carbocycles. The van der Waals surface area contributed by atoms with E-state index in [4.69, 9.17) is 10.5 Å². The van der Waals surface area contributed by atoms with Crippen LogP contribution in [-0.2, 0) is 16.1 Å². The van der Waals surface area contributed by atoms with Crippen LogP contribution in [0.3, 0.4) is 0 Å². The fourth-order valence-electron chi connectivity index (χ4n) is 2.38. The molecule has 2 aromatic heterocycles. The van der Waals surface area contributed by atoms with Gasteiger partial charge < -0.3 is 15.8 Å². The molecule has 26 heavy (non-hydrogen) atoms. The van der Waals surface area contributed by atoms with Gasteiger partial charge in [0.2, 0.25) is 5.91 Å². The van der Waals surface area contributed by atoms with Crippen molar-refractivity contribution in [3.05, 3.63) is 34.0 Å². The standard InChI is InChI=1S/C17H22N4O4S/c1-4-9-25-17(24)13-11(3)14(15(18)23)26-16(13)20-12(22)6-8-21-10(2)5-7-19-21/h5,7H,4,6,8-9H2,1-3H3,(H2,18,23)(H,20,22). The van der Waals surface area contributed by atoms with Crippen molar-refractivity contribution in [1.29, 1.82) is 0 Å². The number of nitrogens with two attached hydrogens (primary N) is 1. The van der Waals surface area contributed by atoms with Gasteiger partial charge in [0.05, 0.1) is 17.0 Å². The molecule has 9 heteroatoms. The molecule has 0 aromatic carbocycles. The maximum atomic E-state index is 12.3. The van der Waals surface area contributed by atoms with Gasteiger partial charge in [-0.25, -0.2) is 4.79 Å². The summed E-state index contributed by atoms with van der Waals surface area (Å²) in [4.78, 5) is 36.4. The van der Waals surface area contributed by atoms with Crippen LogP contribution in [0.2, 0.25) is 0 Å². The van der Waals surface area contributed by atoms with Gasteiger partial charge in [-0.3, -0.25) is 14.3 Å². The second-order valence-corrected chi connectivity index (χ2v) is 6.78. The lowest BCUT2D eigenvalue weighted by Gasteiger charge is -2.08. The van der Waals surface area contributed by atoms with Crippen LogP contribution in [0.1, 0.15) is 51.1 Å². The Kier molecular flexibility index (Phi) is 6.51. The molecule has 0 atom stereocenters. The fraction of sp³-hybridized carbons (Fsp3) is 0.412. The Hall–Kier alpha value is -2.68. The second kappa shape index (κ2) is 8.61. The Morgan fingerprint density at radius 3 is 2.65 bits per heavy atom. The zero-order valence-corrected chi connectivity index (χ0v) is 15.8. The van der Waals surface area contributed by atoms with Gasteiger partial charge in [0.15, 0.2) is 0 Å². The summed E-state index contributed by atoms with van der Waals surface area (Å²) >= 11 is 0.981. The predicted molar refractivity (Wildman–Crippen MR) is 98.4 cm³/mol. The summed E-state index contributed by atoms with van der Waals surface area (Å²) < 4.78 is 6.87. The summed E-state index contributed by atoms with van der Waals surface area (Å²) in [6.07, 6.45) is 2.51. The highest BCUT2D eigenvalue weighted by atomic mass is 32.1. The Balaban J connectivity index is 2.17. The van der Waals surface area contributed by atoms with Crippen molar-refractivity contribution in [1.82, 2.24) is 9.78 Å². The molecule has 2 heterocycles. The van der Waals surface area contributed by atoms with Crippen LogP contribution in [0.25, 0.3) is 0 Å². The first kappa shape index (κ1) is 19.6. The van der Waals surface area contributed by atoms with Crippen LogP contribution in [0, 0.1) is 13.8 Å². The van der Waals surface area contributed by atoms with E-state index in [1.165, 1.54) is 0 Å². The second-order valence-electron chi connectivity index (χ2n) is 5.75. The van der Waals surface area contributed by atoms with Crippen molar-refractivity contribution < 1.29 is 19.1 Å². The molecule has 2 aromatic rings. The number of rotatable bonds is 8. The van der Waals surface area contributed by atoms with E-state index >= 15 is 0 Å². The van der Waals surface area contributed by atoms with Crippen molar-refractivity contribution in [2.75, 3.05) is 11.9 Å². The number of esters is 1. The number of aryl methyl sites for hydroxylation is 2. The van der Waals surface area contributed by atoms with Gasteiger partial charge in [-0.2, -0.15) is 5.10 Å². The van der Waals surface area contributed by atoms with Crippen LogP contribution < -0.4 is 11.1 Å². The topological polar surface area (TPSA) is 116 Å². The quantitative estimate of drug-likeness (QED) is 0.684. The van der Waals surface area contributed by atoms with Gasteiger partial charge in [0, 0.05) is 24.9 Å². The third-order valence-corrected chi connectivity index (χ3v) is 4.97. The first-order valence-electron chi connectivity index (χ1n) is 8.23. The molecular formula is C17H22N4O4S. The summed E-state index contributed by atoms with van der Waals surface area (Å²) in [6.45, 7) is 6.05. The molecule has 0 bridgehead atoms. The van der Waals surface area contributed by atoms with Gasteiger partial charge >= 0.3 is 5.97 Å². The average Bonchev–Trinajstić information content (AvgIpc) is 3.14. The number of primary amides is 1. The van der Waals surface area contributed by atoms with Gasteiger partial charge in [-0.15, -0.1) is 11.3 Å². The van der Waals surface area contributed by atoms with E-state index in [1.54, 1.807) is 17.8 Å². The lowest BCUT2D eigenvalue weighted by Crippen LogP contribution is -2.17. The van der Waals surface area contributed by atoms with Gasteiger partial charge in [-0.1, -0.05) is 6.92 Å². The number of amides is 2. The molecule has 0 fully saturated rings. The van der Waals surface area contributed by atoms with E-state index in [2.05, 4.69) is 10.4 Å². The minimum Gasteiger partial charge on any atom is -0.462 e. The lowest BCUT2D eigenvalue weighted by atomic mass is 10.1. The Labute approximate surface area is 155 Å². The van der Waals surface area contributed by atoms with E-state index in [0.29, 0.717) is 18.5 Å². The fourth-order valence-corrected chi connectivity index (χ4v) is 3.44. The number of hydrogen-bond acceptors (Lipinski definition) is 6.